The lowest BCUT2D eigenvalue weighted by Gasteiger charge is -2.17. The minimum absolute atomic E-state index is 0.259. The number of aromatic nitrogens is 2. The number of nitrogens with zero attached hydrogens (tertiary/aromatic N) is 2. The van der Waals surface area contributed by atoms with Gasteiger partial charge in [-0.2, -0.15) is 4.37 Å². The maximum atomic E-state index is 11.7. The number of anilines is 1. The summed E-state index contributed by atoms with van der Waals surface area (Å²) in [5.74, 6) is 1.23. The SMILES string of the molecule is COC(=O)C(CC(C)C)Nc1nc(C(C)C)ns1. The van der Waals surface area contributed by atoms with Gasteiger partial charge in [0.25, 0.3) is 0 Å². The molecular weight excluding hydrogens is 250 g/mol. The summed E-state index contributed by atoms with van der Waals surface area (Å²) in [5, 5.41) is 3.78. The van der Waals surface area contributed by atoms with E-state index in [1.54, 1.807) is 0 Å². The minimum atomic E-state index is -0.358. The third kappa shape index (κ3) is 4.25. The summed E-state index contributed by atoms with van der Waals surface area (Å²) in [7, 11) is 1.40. The Hall–Kier alpha value is -1.17. The molecule has 0 aliphatic rings. The van der Waals surface area contributed by atoms with Crippen LogP contribution in [0.15, 0.2) is 0 Å². The summed E-state index contributed by atoms with van der Waals surface area (Å²) in [6.45, 7) is 8.21. The Balaban J connectivity index is 2.72. The average Bonchev–Trinajstić information content (AvgIpc) is 2.75. The molecule has 102 valence electrons. The Kier molecular flexibility index (Phi) is 5.53. The van der Waals surface area contributed by atoms with Crippen LogP contribution in [0.1, 0.15) is 45.9 Å². The van der Waals surface area contributed by atoms with Gasteiger partial charge in [-0.1, -0.05) is 27.7 Å². The molecule has 0 saturated carbocycles. The van der Waals surface area contributed by atoms with Gasteiger partial charge < -0.3 is 10.1 Å². The van der Waals surface area contributed by atoms with Crippen LogP contribution < -0.4 is 5.32 Å². The largest absolute Gasteiger partial charge is 0.467 e. The van der Waals surface area contributed by atoms with Gasteiger partial charge in [0.05, 0.1) is 7.11 Å². The van der Waals surface area contributed by atoms with E-state index in [0.717, 1.165) is 5.82 Å². The second kappa shape index (κ2) is 6.68. The number of esters is 1. The summed E-state index contributed by atoms with van der Waals surface area (Å²) in [6.07, 6.45) is 0.712. The molecule has 0 aliphatic carbocycles. The van der Waals surface area contributed by atoms with E-state index in [9.17, 15) is 4.79 Å². The van der Waals surface area contributed by atoms with Gasteiger partial charge in [0.2, 0.25) is 5.13 Å². The van der Waals surface area contributed by atoms with E-state index in [2.05, 4.69) is 28.5 Å². The predicted octanol–water partition coefficient (Wildman–Crippen LogP) is 2.66. The van der Waals surface area contributed by atoms with Gasteiger partial charge >= 0.3 is 5.97 Å². The van der Waals surface area contributed by atoms with Crippen LogP contribution in [0.3, 0.4) is 0 Å². The van der Waals surface area contributed by atoms with Crippen LogP contribution in [0.5, 0.6) is 0 Å². The third-order valence-electron chi connectivity index (χ3n) is 2.45. The van der Waals surface area contributed by atoms with E-state index in [4.69, 9.17) is 4.74 Å². The molecular formula is C12H21N3O2S. The van der Waals surface area contributed by atoms with Crippen molar-refractivity contribution < 1.29 is 9.53 Å². The van der Waals surface area contributed by atoms with Crippen LogP contribution in [0.2, 0.25) is 0 Å². The van der Waals surface area contributed by atoms with Crippen molar-refractivity contribution in [1.82, 2.24) is 9.36 Å². The van der Waals surface area contributed by atoms with Gasteiger partial charge in [-0.05, 0) is 12.3 Å². The molecule has 6 heteroatoms. The first kappa shape index (κ1) is 14.9. The zero-order valence-corrected chi connectivity index (χ0v) is 12.4. The van der Waals surface area contributed by atoms with E-state index in [-0.39, 0.29) is 12.0 Å². The molecule has 1 aromatic heterocycles. The Morgan fingerprint density at radius 1 is 1.39 bits per heavy atom. The van der Waals surface area contributed by atoms with Gasteiger partial charge in [0.15, 0.2) is 0 Å². The summed E-state index contributed by atoms with van der Waals surface area (Å²) in [5.41, 5.74) is 0. The first-order chi connectivity index (χ1) is 8.43. The molecule has 1 N–H and O–H groups in total. The van der Waals surface area contributed by atoms with Gasteiger partial charge in [-0.3, -0.25) is 0 Å². The van der Waals surface area contributed by atoms with Crippen molar-refractivity contribution in [3.8, 4) is 0 Å². The highest BCUT2D eigenvalue weighted by Gasteiger charge is 2.22. The van der Waals surface area contributed by atoms with Crippen LogP contribution in [0, 0.1) is 5.92 Å². The lowest BCUT2D eigenvalue weighted by Crippen LogP contribution is -2.32. The van der Waals surface area contributed by atoms with Gasteiger partial charge in [-0.15, -0.1) is 0 Å². The Morgan fingerprint density at radius 2 is 2.06 bits per heavy atom. The van der Waals surface area contributed by atoms with E-state index in [1.165, 1.54) is 18.6 Å². The van der Waals surface area contributed by atoms with Crippen molar-refractivity contribution in [2.75, 3.05) is 12.4 Å². The third-order valence-corrected chi connectivity index (χ3v) is 3.11. The highest BCUT2D eigenvalue weighted by Crippen LogP contribution is 2.20. The number of carbonyl (C=O) groups is 1. The molecule has 0 saturated heterocycles. The normalized spacial score (nSPS) is 12.8. The van der Waals surface area contributed by atoms with Crippen molar-refractivity contribution in [2.45, 2.75) is 46.1 Å². The monoisotopic (exact) mass is 271 g/mol. The van der Waals surface area contributed by atoms with Crippen molar-refractivity contribution in [1.29, 1.82) is 0 Å². The van der Waals surface area contributed by atoms with Gasteiger partial charge in [0, 0.05) is 17.5 Å². The van der Waals surface area contributed by atoms with Crippen molar-refractivity contribution >= 4 is 22.6 Å². The van der Waals surface area contributed by atoms with E-state index >= 15 is 0 Å². The first-order valence-electron chi connectivity index (χ1n) is 6.12. The molecule has 18 heavy (non-hydrogen) atoms. The smallest absolute Gasteiger partial charge is 0.328 e. The highest BCUT2D eigenvalue weighted by molar-refractivity contribution is 7.09. The van der Waals surface area contributed by atoms with E-state index in [1.807, 2.05) is 13.8 Å². The Bertz CT molecular complexity index is 390. The zero-order valence-electron chi connectivity index (χ0n) is 11.6. The van der Waals surface area contributed by atoms with Crippen LogP contribution >= 0.6 is 11.5 Å². The molecule has 0 aromatic carbocycles. The minimum Gasteiger partial charge on any atom is -0.467 e. The molecule has 5 nitrogen and oxygen atoms in total. The maximum absolute atomic E-state index is 11.7. The summed E-state index contributed by atoms with van der Waals surface area (Å²) in [4.78, 5) is 16.0. The molecule has 1 heterocycles. The van der Waals surface area contributed by atoms with E-state index in [0.29, 0.717) is 23.4 Å². The number of methoxy groups -OCH3 is 1. The molecule has 1 aromatic rings. The van der Waals surface area contributed by atoms with Gasteiger partial charge in [0.1, 0.15) is 11.9 Å². The fraction of sp³-hybridized carbons (Fsp3) is 0.750. The standard InChI is InChI=1S/C12H21N3O2S/c1-7(2)6-9(11(16)17-5)13-12-14-10(8(3)4)15-18-12/h7-9H,6H2,1-5H3,(H,13,14,15). The van der Waals surface area contributed by atoms with Crippen LogP contribution in [0.25, 0.3) is 0 Å². The molecule has 0 spiro atoms. The van der Waals surface area contributed by atoms with Crippen molar-refractivity contribution in [3.63, 3.8) is 0 Å². The fourth-order valence-electron chi connectivity index (χ4n) is 1.50. The molecule has 0 aliphatic heterocycles. The number of hydrogen-bond donors (Lipinski definition) is 1. The van der Waals surface area contributed by atoms with Crippen LogP contribution in [-0.2, 0) is 9.53 Å². The predicted molar refractivity (Wildman–Crippen MR) is 72.9 cm³/mol. The lowest BCUT2D eigenvalue weighted by atomic mass is 10.0. The van der Waals surface area contributed by atoms with Crippen LogP contribution in [0.4, 0.5) is 5.13 Å². The van der Waals surface area contributed by atoms with Crippen LogP contribution in [-0.4, -0.2) is 28.5 Å². The Labute approximate surface area is 112 Å². The van der Waals surface area contributed by atoms with Crippen molar-refractivity contribution in [3.05, 3.63) is 5.82 Å². The average molecular weight is 271 g/mol. The fourth-order valence-corrected chi connectivity index (χ4v) is 2.27. The summed E-state index contributed by atoms with van der Waals surface area (Å²) in [6, 6.07) is -0.358. The number of carbonyl (C=O) groups excluding carboxylic acids is 1. The highest BCUT2D eigenvalue weighted by atomic mass is 32.1. The number of hydrogen-bond acceptors (Lipinski definition) is 6. The summed E-state index contributed by atoms with van der Waals surface area (Å²) >= 11 is 1.28. The Morgan fingerprint density at radius 3 is 2.50 bits per heavy atom. The quantitative estimate of drug-likeness (QED) is 0.806. The molecule has 0 bridgehead atoms. The lowest BCUT2D eigenvalue weighted by molar-refractivity contribution is -0.141. The summed E-state index contributed by atoms with van der Waals surface area (Å²) < 4.78 is 9.04. The number of rotatable bonds is 6. The van der Waals surface area contributed by atoms with Crippen molar-refractivity contribution in [2.24, 2.45) is 5.92 Å². The zero-order chi connectivity index (χ0) is 13.7. The van der Waals surface area contributed by atoms with E-state index < -0.39 is 0 Å². The molecule has 1 unspecified atom stereocenters. The second-order valence-electron chi connectivity index (χ2n) is 4.96. The topological polar surface area (TPSA) is 64.1 Å². The second-order valence-corrected chi connectivity index (χ2v) is 5.71. The van der Waals surface area contributed by atoms with Gasteiger partial charge in [-0.25, -0.2) is 9.78 Å². The molecule has 0 radical (unpaired) electrons. The number of nitrogens with one attached hydrogen (secondary N) is 1. The maximum Gasteiger partial charge on any atom is 0.328 e. The number of ether oxygens (including phenoxy) is 1. The molecule has 0 amide bonds. The first-order valence-corrected chi connectivity index (χ1v) is 6.89. The molecule has 1 atom stereocenters. The molecule has 0 fully saturated rings. The molecule has 1 rings (SSSR count).